The number of nitrogens with one attached hydrogen (secondary N) is 1. The molecular weight excluding hydrogens is 224 g/mol. The maximum Gasteiger partial charge on any atom is 0.197 e. The minimum atomic E-state index is 0.428. The Kier molecular flexibility index (Phi) is 2.53. The van der Waals surface area contributed by atoms with E-state index < -0.39 is 0 Å². The average Bonchev–Trinajstić information content (AvgIpc) is 2.87. The van der Waals surface area contributed by atoms with Gasteiger partial charge in [0.05, 0.1) is 11.9 Å². The van der Waals surface area contributed by atoms with Gasteiger partial charge in [-0.2, -0.15) is 0 Å². The molecule has 18 heavy (non-hydrogen) atoms. The van der Waals surface area contributed by atoms with Crippen molar-refractivity contribution in [3.63, 3.8) is 0 Å². The number of pyridine rings is 1. The second kappa shape index (κ2) is 4.33. The van der Waals surface area contributed by atoms with E-state index in [0.717, 1.165) is 22.4 Å². The lowest BCUT2D eigenvalue weighted by Gasteiger charge is -2.03. The number of nitrogens with zero attached hydrogens (tertiary/aromatic N) is 2. The Morgan fingerprint density at radius 2 is 1.78 bits per heavy atom. The van der Waals surface area contributed by atoms with Crippen LogP contribution in [0.4, 0.5) is 5.95 Å². The molecule has 0 aliphatic carbocycles. The molecule has 88 valence electrons. The molecule has 4 nitrogen and oxygen atoms in total. The molecular formula is C14H12N4. The van der Waals surface area contributed by atoms with Gasteiger partial charge in [0, 0.05) is 23.5 Å². The number of anilines is 1. The van der Waals surface area contributed by atoms with Crippen molar-refractivity contribution in [3.05, 3.63) is 55.0 Å². The molecule has 4 heteroatoms. The van der Waals surface area contributed by atoms with Crippen molar-refractivity contribution in [2.45, 2.75) is 0 Å². The Balaban J connectivity index is 2.05. The standard InChI is InChI=1S/C14H12N4/c15-14-17-9-13(18-14)11-4-1-3-10(7-11)12-5-2-6-16-8-12/h1-9H,(H3,15,17,18). The minimum absolute atomic E-state index is 0.428. The van der Waals surface area contributed by atoms with E-state index in [1.54, 1.807) is 12.4 Å². The van der Waals surface area contributed by atoms with Crippen molar-refractivity contribution in [1.82, 2.24) is 15.0 Å². The average molecular weight is 236 g/mol. The second-order valence-corrected chi connectivity index (χ2v) is 4.00. The van der Waals surface area contributed by atoms with Crippen molar-refractivity contribution in [2.24, 2.45) is 0 Å². The normalized spacial score (nSPS) is 10.4. The Labute approximate surface area is 105 Å². The number of nitrogen functional groups attached to an aromatic ring is 1. The third-order valence-corrected chi connectivity index (χ3v) is 2.76. The topological polar surface area (TPSA) is 67.6 Å². The first-order valence-corrected chi connectivity index (χ1v) is 5.64. The van der Waals surface area contributed by atoms with Crippen LogP contribution in [0.5, 0.6) is 0 Å². The van der Waals surface area contributed by atoms with Gasteiger partial charge in [0.15, 0.2) is 5.95 Å². The Morgan fingerprint density at radius 1 is 0.944 bits per heavy atom. The van der Waals surface area contributed by atoms with Crippen LogP contribution in [0.2, 0.25) is 0 Å². The molecule has 0 aliphatic rings. The number of H-pyrrole nitrogens is 1. The van der Waals surface area contributed by atoms with E-state index in [9.17, 15) is 0 Å². The van der Waals surface area contributed by atoms with Crippen LogP contribution in [0, 0.1) is 0 Å². The second-order valence-electron chi connectivity index (χ2n) is 4.00. The van der Waals surface area contributed by atoms with Gasteiger partial charge in [-0.3, -0.25) is 4.98 Å². The number of nitrogens with two attached hydrogens (primary N) is 1. The van der Waals surface area contributed by atoms with Crippen molar-refractivity contribution >= 4 is 5.95 Å². The van der Waals surface area contributed by atoms with Gasteiger partial charge in [0.25, 0.3) is 0 Å². The number of hydrogen-bond donors (Lipinski definition) is 2. The first-order chi connectivity index (χ1) is 8.83. The molecule has 2 heterocycles. The number of hydrogen-bond acceptors (Lipinski definition) is 3. The van der Waals surface area contributed by atoms with Gasteiger partial charge in [0.1, 0.15) is 0 Å². The smallest absolute Gasteiger partial charge is 0.197 e. The molecule has 1 aromatic carbocycles. The molecule has 0 unspecified atom stereocenters. The lowest BCUT2D eigenvalue weighted by atomic mass is 10.0. The third-order valence-electron chi connectivity index (χ3n) is 2.76. The van der Waals surface area contributed by atoms with Crippen LogP contribution in [0.3, 0.4) is 0 Å². The van der Waals surface area contributed by atoms with Crippen LogP contribution in [0.25, 0.3) is 22.4 Å². The van der Waals surface area contributed by atoms with Crippen molar-refractivity contribution in [2.75, 3.05) is 5.73 Å². The highest BCUT2D eigenvalue weighted by molar-refractivity contribution is 5.71. The number of rotatable bonds is 2. The predicted octanol–water partition coefficient (Wildman–Crippen LogP) is 2.72. The summed E-state index contributed by atoms with van der Waals surface area (Å²) in [6.45, 7) is 0. The summed E-state index contributed by atoms with van der Waals surface area (Å²) in [4.78, 5) is 11.2. The summed E-state index contributed by atoms with van der Waals surface area (Å²) in [5.74, 6) is 0.428. The molecule has 0 fully saturated rings. The Hall–Kier alpha value is -2.62. The van der Waals surface area contributed by atoms with Gasteiger partial charge >= 0.3 is 0 Å². The van der Waals surface area contributed by atoms with Crippen LogP contribution in [-0.2, 0) is 0 Å². The molecule has 0 spiro atoms. The van der Waals surface area contributed by atoms with Gasteiger partial charge in [-0.1, -0.05) is 24.3 Å². The molecule has 3 rings (SSSR count). The van der Waals surface area contributed by atoms with E-state index in [-0.39, 0.29) is 0 Å². The maximum absolute atomic E-state index is 5.59. The zero-order valence-corrected chi connectivity index (χ0v) is 9.67. The van der Waals surface area contributed by atoms with Crippen LogP contribution in [-0.4, -0.2) is 15.0 Å². The lowest BCUT2D eigenvalue weighted by Crippen LogP contribution is -1.86. The van der Waals surface area contributed by atoms with E-state index in [2.05, 4.69) is 27.1 Å². The molecule has 2 aromatic heterocycles. The zero-order valence-electron chi connectivity index (χ0n) is 9.67. The molecule has 0 bridgehead atoms. The summed E-state index contributed by atoms with van der Waals surface area (Å²) in [7, 11) is 0. The fraction of sp³-hybridized carbons (Fsp3) is 0. The highest BCUT2D eigenvalue weighted by Crippen LogP contribution is 2.24. The highest BCUT2D eigenvalue weighted by Gasteiger charge is 2.03. The highest BCUT2D eigenvalue weighted by atomic mass is 15.0. The first kappa shape index (κ1) is 10.5. The van der Waals surface area contributed by atoms with E-state index in [1.807, 2.05) is 30.5 Å². The van der Waals surface area contributed by atoms with Crippen LogP contribution in [0.15, 0.2) is 55.0 Å². The zero-order chi connectivity index (χ0) is 12.4. The van der Waals surface area contributed by atoms with Gasteiger partial charge in [0.2, 0.25) is 0 Å². The number of benzene rings is 1. The van der Waals surface area contributed by atoms with Crippen LogP contribution in [0.1, 0.15) is 0 Å². The van der Waals surface area contributed by atoms with Crippen molar-refractivity contribution in [1.29, 1.82) is 0 Å². The summed E-state index contributed by atoms with van der Waals surface area (Å²) in [6.07, 6.45) is 5.35. The minimum Gasteiger partial charge on any atom is -0.369 e. The van der Waals surface area contributed by atoms with E-state index in [0.29, 0.717) is 5.95 Å². The first-order valence-electron chi connectivity index (χ1n) is 5.64. The third kappa shape index (κ3) is 1.96. The Bertz CT molecular complexity index is 658. The summed E-state index contributed by atoms with van der Waals surface area (Å²) in [5, 5.41) is 0. The van der Waals surface area contributed by atoms with Crippen LogP contribution < -0.4 is 5.73 Å². The van der Waals surface area contributed by atoms with Gasteiger partial charge < -0.3 is 10.7 Å². The van der Waals surface area contributed by atoms with E-state index in [4.69, 9.17) is 5.73 Å². The summed E-state index contributed by atoms with van der Waals surface area (Å²) in [6, 6.07) is 12.1. The van der Waals surface area contributed by atoms with Crippen LogP contribution >= 0.6 is 0 Å². The monoisotopic (exact) mass is 236 g/mol. The molecule has 0 amide bonds. The molecule has 0 saturated heterocycles. The maximum atomic E-state index is 5.59. The molecule has 0 radical (unpaired) electrons. The summed E-state index contributed by atoms with van der Waals surface area (Å²) >= 11 is 0. The van der Waals surface area contributed by atoms with Crippen molar-refractivity contribution in [3.8, 4) is 22.4 Å². The quantitative estimate of drug-likeness (QED) is 0.718. The van der Waals surface area contributed by atoms with Gasteiger partial charge in [-0.15, -0.1) is 0 Å². The van der Waals surface area contributed by atoms with Gasteiger partial charge in [-0.05, 0) is 17.7 Å². The van der Waals surface area contributed by atoms with E-state index >= 15 is 0 Å². The number of imidazole rings is 1. The fourth-order valence-electron chi connectivity index (χ4n) is 1.88. The van der Waals surface area contributed by atoms with Gasteiger partial charge in [-0.25, -0.2) is 4.98 Å². The lowest BCUT2D eigenvalue weighted by molar-refractivity contribution is 1.32. The molecule has 3 aromatic rings. The molecule has 3 N–H and O–H groups in total. The SMILES string of the molecule is Nc1ncc(-c2cccc(-c3cccnc3)c2)[nH]1. The molecule has 0 saturated carbocycles. The summed E-state index contributed by atoms with van der Waals surface area (Å²) in [5.41, 5.74) is 9.77. The molecule has 0 aliphatic heterocycles. The summed E-state index contributed by atoms with van der Waals surface area (Å²) < 4.78 is 0. The van der Waals surface area contributed by atoms with E-state index in [1.165, 1.54) is 0 Å². The fourth-order valence-corrected chi connectivity index (χ4v) is 1.88. The number of aromatic nitrogens is 3. The Morgan fingerprint density at radius 3 is 2.50 bits per heavy atom. The van der Waals surface area contributed by atoms with Crippen molar-refractivity contribution < 1.29 is 0 Å². The predicted molar refractivity (Wildman–Crippen MR) is 71.7 cm³/mol. The number of aromatic amines is 1. The molecule has 0 atom stereocenters. The largest absolute Gasteiger partial charge is 0.369 e.